The van der Waals surface area contributed by atoms with Crippen molar-refractivity contribution in [3.8, 4) is 28.0 Å². The third kappa shape index (κ3) is 11.9. The molecule has 0 bridgehead atoms. The Bertz CT molecular complexity index is 1740. The van der Waals surface area contributed by atoms with Crippen LogP contribution >= 0.6 is 0 Å². The predicted molar refractivity (Wildman–Crippen MR) is 222 cm³/mol. The van der Waals surface area contributed by atoms with E-state index < -0.39 is 30.6 Å². The van der Waals surface area contributed by atoms with Gasteiger partial charge in [0.05, 0.1) is 25.2 Å². The molecule has 0 saturated heterocycles. The van der Waals surface area contributed by atoms with E-state index in [0.29, 0.717) is 30.1 Å². The number of benzene rings is 3. The van der Waals surface area contributed by atoms with Crippen LogP contribution in [0.1, 0.15) is 114 Å². The summed E-state index contributed by atoms with van der Waals surface area (Å²) in [6.45, 7) is 16.1. The first-order valence-corrected chi connectivity index (χ1v) is 20.4. The summed E-state index contributed by atoms with van der Waals surface area (Å²) in [5.74, 6) is 1.15. The molecule has 55 heavy (non-hydrogen) atoms. The minimum Gasteiger partial charge on any atom is -0.492 e. The van der Waals surface area contributed by atoms with E-state index in [2.05, 4.69) is 88.5 Å². The Hall–Kier alpha value is -4.20. The molecule has 0 spiro atoms. The van der Waals surface area contributed by atoms with Gasteiger partial charge in [-0.15, -0.1) is 0 Å². The molecule has 7 nitrogen and oxygen atoms in total. The van der Waals surface area contributed by atoms with E-state index in [0.717, 1.165) is 47.4 Å². The largest absolute Gasteiger partial charge is 0.492 e. The summed E-state index contributed by atoms with van der Waals surface area (Å²) in [5.41, 5.74) is 8.85. The third-order valence-electron chi connectivity index (χ3n) is 11.1. The highest BCUT2D eigenvalue weighted by atomic mass is 16.5. The third-order valence-corrected chi connectivity index (χ3v) is 11.1. The molecule has 3 aromatic carbocycles. The van der Waals surface area contributed by atoms with Crippen molar-refractivity contribution in [2.24, 2.45) is 11.3 Å². The van der Waals surface area contributed by atoms with Gasteiger partial charge in [0.1, 0.15) is 19.0 Å². The number of hydrogen-bond acceptors (Lipinski definition) is 7. The van der Waals surface area contributed by atoms with Crippen LogP contribution in [0.4, 0.5) is 0 Å². The van der Waals surface area contributed by atoms with Crippen molar-refractivity contribution in [2.45, 2.75) is 111 Å². The van der Waals surface area contributed by atoms with Crippen molar-refractivity contribution in [3.63, 3.8) is 0 Å². The second-order valence-electron chi connectivity index (χ2n) is 15.7. The van der Waals surface area contributed by atoms with Gasteiger partial charge < -0.3 is 24.4 Å². The molecule has 0 amide bonds. The van der Waals surface area contributed by atoms with Gasteiger partial charge in [-0.1, -0.05) is 95.7 Å². The molecule has 1 fully saturated rings. The number of esters is 2. The van der Waals surface area contributed by atoms with Gasteiger partial charge in [-0.2, -0.15) is 0 Å². The Morgan fingerprint density at radius 2 is 1.38 bits per heavy atom. The van der Waals surface area contributed by atoms with E-state index in [1.165, 1.54) is 60.8 Å². The van der Waals surface area contributed by atoms with Crippen LogP contribution in [0, 0.1) is 11.3 Å². The summed E-state index contributed by atoms with van der Waals surface area (Å²) in [7, 11) is 0. The molecular weight excluding hydrogens is 689 g/mol. The van der Waals surface area contributed by atoms with Crippen molar-refractivity contribution < 1.29 is 34.0 Å². The average molecular weight is 753 g/mol. The van der Waals surface area contributed by atoms with Gasteiger partial charge in [0.25, 0.3) is 0 Å². The number of ether oxygens (including phenoxy) is 3. The van der Waals surface area contributed by atoms with Crippen LogP contribution in [0.3, 0.4) is 0 Å². The van der Waals surface area contributed by atoms with Gasteiger partial charge in [0.2, 0.25) is 0 Å². The second kappa shape index (κ2) is 21.2. The summed E-state index contributed by atoms with van der Waals surface area (Å²) in [6, 6.07) is 20.3. The van der Waals surface area contributed by atoms with Gasteiger partial charge in [-0.05, 0) is 134 Å². The van der Waals surface area contributed by atoms with Gasteiger partial charge in [0, 0.05) is 11.1 Å². The molecule has 1 aliphatic rings. The van der Waals surface area contributed by atoms with Crippen LogP contribution in [0.2, 0.25) is 0 Å². The van der Waals surface area contributed by atoms with E-state index in [1.807, 2.05) is 0 Å². The number of aryl methyl sites for hydroxylation is 3. The SMILES string of the molecule is C=C(C)C(=O)OCCCc1cc(-c2ccc(-c3ccc(C4CCC(CCC)CC4)cc3)c(CC)c2)c(CCC)cc1OCC(CO)(CO)COC(=O)C(=C)C. The van der Waals surface area contributed by atoms with E-state index in [-0.39, 0.29) is 25.4 Å². The molecule has 0 radical (unpaired) electrons. The Labute approximate surface area is 329 Å². The lowest BCUT2D eigenvalue weighted by Crippen LogP contribution is -2.41. The zero-order valence-corrected chi connectivity index (χ0v) is 34.0. The number of hydrogen-bond donors (Lipinski definition) is 2. The van der Waals surface area contributed by atoms with Crippen LogP contribution in [-0.2, 0) is 38.3 Å². The molecule has 1 aliphatic carbocycles. The number of carbonyl (C=O) groups is 2. The molecular formula is C48H64O7. The standard InChI is InChI=1S/C48H64O7/c1-8-12-35-15-17-37(18-16-35)38-19-21-39(22-20-38)43-24-23-41(26-36(43)10-3)44-27-42(14-11-25-53-46(51)33(4)5)45(28-40(44)13-9-2)54-31-48(29-49,30-50)32-55-47(52)34(6)7/h19-24,26-28,35,37,49-50H,4,6,8-18,25,29-32H2,1-3,5,7H3. The van der Waals surface area contributed by atoms with Crippen molar-refractivity contribution in [2.75, 3.05) is 33.0 Å². The molecule has 7 heteroatoms. The van der Waals surface area contributed by atoms with Gasteiger partial charge in [-0.25, -0.2) is 9.59 Å². The molecule has 2 N–H and O–H groups in total. The zero-order chi connectivity index (χ0) is 40.0. The van der Waals surface area contributed by atoms with Gasteiger partial charge in [0.15, 0.2) is 0 Å². The Balaban J connectivity index is 1.65. The first-order valence-electron chi connectivity index (χ1n) is 20.4. The minimum atomic E-state index is -1.22. The van der Waals surface area contributed by atoms with Crippen molar-refractivity contribution in [3.05, 3.63) is 101 Å². The van der Waals surface area contributed by atoms with Crippen LogP contribution < -0.4 is 4.74 Å². The maximum Gasteiger partial charge on any atom is 0.333 e. The van der Waals surface area contributed by atoms with Crippen LogP contribution in [-0.4, -0.2) is 55.2 Å². The Morgan fingerprint density at radius 1 is 0.727 bits per heavy atom. The molecule has 0 aliphatic heterocycles. The highest BCUT2D eigenvalue weighted by molar-refractivity contribution is 5.87. The Morgan fingerprint density at radius 3 is 1.98 bits per heavy atom. The number of rotatable bonds is 21. The Kier molecular flexibility index (Phi) is 16.8. The van der Waals surface area contributed by atoms with Gasteiger partial charge in [-0.3, -0.25) is 0 Å². The topological polar surface area (TPSA) is 102 Å². The van der Waals surface area contributed by atoms with Crippen LogP contribution in [0.5, 0.6) is 5.75 Å². The second-order valence-corrected chi connectivity index (χ2v) is 15.7. The smallest absolute Gasteiger partial charge is 0.333 e. The fourth-order valence-corrected chi connectivity index (χ4v) is 7.60. The molecule has 0 heterocycles. The maximum absolute atomic E-state index is 12.2. The monoisotopic (exact) mass is 752 g/mol. The molecule has 0 atom stereocenters. The highest BCUT2D eigenvalue weighted by Crippen LogP contribution is 2.40. The predicted octanol–water partition coefficient (Wildman–Crippen LogP) is 10.1. The molecule has 298 valence electrons. The molecule has 0 aromatic heterocycles. The van der Waals surface area contributed by atoms with Crippen LogP contribution in [0.25, 0.3) is 22.3 Å². The first-order chi connectivity index (χ1) is 26.5. The molecule has 1 saturated carbocycles. The normalized spacial score (nSPS) is 15.7. The lowest BCUT2D eigenvalue weighted by molar-refractivity contribution is -0.146. The average Bonchev–Trinajstić information content (AvgIpc) is 3.20. The maximum atomic E-state index is 12.2. The minimum absolute atomic E-state index is 0.0837. The van der Waals surface area contributed by atoms with E-state index >= 15 is 0 Å². The summed E-state index contributed by atoms with van der Waals surface area (Å²) >= 11 is 0. The summed E-state index contributed by atoms with van der Waals surface area (Å²) in [5, 5.41) is 20.6. The van der Waals surface area contributed by atoms with Crippen LogP contribution in [0.15, 0.2) is 78.9 Å². The van der Waals surface area contributed by atoms with Crippen molar-refractivity contribution in [1.29, 1.82) is 0 Å². The first kappa shape index (κ1) is 43.5. The van der Waals surface area contributed by atoms with E-state index in [4.69, 9.17) is 14.2 Å². The van der Waals surface area contributed by atoms with E-state index in [9.17, 15) is 19.8 Å². The number of carbonyl (C=O) groups excluding carboxylic acids is 2. The molecule has 3 aromatic rings. The number of aliphatic hydroxyl groups excluding tert-OH is 2. The fraction of sp³-hybridized carbons (Fsp3) is 0.500. The molecule has 0 unspecified atom stereocenters. The lowest BCUT2D eigenvalue weighted by atomic mass is 9.77. The number of aliphatic hydroxyl groups is 2. The molecule has 4 rings (SSSR count). The van der Waals surface area contributed by atoms with E-state index in [1.54, 1.807) is 13.8 Å². The quantitative estimate of drug-likeness (QED) is 0.0635. The van der Waals surface area contributed by atoms with Crippen molar-refractivity contribution >= 4 is 11.9 Å². The summed E-state index contributed by atoms with van der Waals surface area (Å²) in [6.07, 6.45) is 11.6. The lowest BCUT2D eigenvalue weighted by Gasteiger charge is -2.30. The fourth-order valence-electron chi connectivity index (χ4n) is 7.60. The van der Waals surface area contributed by atoms with Crippen molar-refractivity contribution in [1.82, 2.24) is 0 Å². The summed E-state index contributed by atoms with van der Waals surface area (Å²) in [4.78, 5) is 24.2. The zero-order valence-electron chi connectivity index (χ0n) is 34.0. The summed E-state index contributed by atoms with van der Waals surface area (Å²) < 4.78 is 17.2. The van der Waals surface area contributed by atoms with Gasteiger partial charge >= 0.3 is 11.9 Å². The highest BCUT2D eigenvalue weighted by Gasteiger charge is 2.33.